The zero-order valence-electron chi connectivity index (χ0n) is 23.7. The Morgan fingerprint density at radius 2 is 1.68 bits per heavy atom. The third kappa shape index (κ3) is 10.3. The molecule has 3 N–H and O–H groups in total. The molecule has 0 saturated heterocycles. The highest BCUT2D eigenvalue weighted by Crippen LogP contribution is 2.23. The Hall–Kier alpha value is -3.96. The minimum absolute atomic E-state index is 0.144. The van der Waals surface area contributed by atoms with Crippen LogP contribution in [0.25, 0.3) is 0 Å². The van der Waals surface area contributed by atoms with Crippen LogP contribution >= 0.6 is 11.3 Å². The summed E-state index contributed by atoms with van der Waals surface area (Å²) in [7, 11) is 3.92. The van der Waals surface area contributed by atoms with Crippen LogP contribution in [0.3, 0.4) is 0 Å². The monoisotopic (exact) mass is 566 g/mol. The van der Waals surface area contributed by atoms with E-state index in [0.29, 0.717) is 37.6 Å². The van der Waals surface area contributed by atoms with Crippen LogP contribution in [0.4, 0.5) is 21.0 Å². The molecule has 0 fully saturated rings. The van der Waals surface area contributed by atoms with Gasteiger partial charge in [0.2, 0.25) is 0 Å². The van der Waals surface area contributed by atoms with Crippen LogP contribution in [0.2, 0.25) is 0 Å². The fourth-order valence-corrected chi connectivity index (χ4v) is 4.32. The van der Waals surface area contributed by atoms with Crippen molar-refractivity contribution in [2.75, 3.05) is 44.4 Å². The van der Waals surface area contributed by atoms with E-state index in [4.69, 9.17) is 4.74 Å². The molecule has 0 saturated carbocycles. The maximum absolute atomic E-state index is 12.9. The summed E-state index contributed by atoms with van der Waals surface area (Å²) < 4.78 is 5.31. The third-order valence-electron chi connectivity index (χ3n) is 5.57. The Balaban J connectivity index is 1.61. The molecule has 214 valence electrons. The molecular weight excluding hydrogens is 528 g/mol. The second kappa shape index (κ2) is 14.4. The summed E-state index contributed by atoms with van der Waals surface area (Å²) in [5.41, 5.74) is 1.18. The highest BCUT2D eigenvalue weighted by Gasteiger charge is 2.19. The van der Waals surface area contributed by atoms with Crippen molar-refractivity contribution in [3.8, 4) is 0 Å². The highest BCUT2D eigenvalue weighted by molar-refractivity contribution is 7.09. The molecule has 0 aliphatic rings. The lowest BCUT2D eigenvalue weighted by atomic mass is 10.2. The van der Waals surface area contributed by atoms with Gasteiger partial charge in [0.05, 0.1) is 11.4 Å². The summed E-state index contributed by atoms with van der Waals surface area (Å²) in [6, 6.07) is 14.2. The number of aromatic nitrogens is 1. The Morgan fingerprint density at radius 3 is 2.27 bits per heavy atom. The maximum atomic E-state index is 12.9. The molecular formula is C29H38N6O4S. The van der Waals surface area contributed by atoms with Crippen LogP contribution in [0, 0.1) is 0 Å². The lowest BCUT2D eigenvalue weighted by Crippen LogP contribution is -2.43. The van der Waals surface area contributed by atoms with E-state index < -0.39 is 17.6 Å². The number of ether oxygens (including phenoxy) is 1. The molecule has 0 aliphatic heterocycles. The topological polar surface area (TPSA) is 116 Å². The number of nitrogens with zero attached hydrogens (tertiary/aromatic N) is 3. The lowest BCUT2D eigenvalue weighted by Gasteiger charge is -2.25. The number of amides is 4. The number of urea groups is 1. The molecule has 10 nitrogen and oxygen atoms in total. The largest absolute Gasteiger partial charge is 0.444 e. The number of nitrogens with one attached hydrogen (secondary N) is 3. The van der Waals surface area contributed by atoms with Crippen LogP contribution < -0.4 is 16.0 Å². The zero-order chi connectivity index (χ0) is 29.1. The molecule has 4 amide bonds. The van der Waals surface area contributed by atoms with Crippen LogP contribution in [0.1, 0.15) is 41.7 Å². The van der Waals surface area contributed by atoms with E-state index in [-0.39, 0.29) is 11.7 Å². The second-order valence-electron chi connectivity index (χ2n) is 10.5. The van der Waals surface area contributed by atoms with Crippen LogP contribution in [-0.2, 0) is 17.7 Å². The van der Waals surface area contributed by atoms with Crippen molar-refractivity contribution < 1.29 is 19.1 Å². The fraction of sp³-hybridized carbons (Fsp3) is 0.379. The molecule has 3 rings (SSSR count). The number of carbonyl (C=O) groups excluding carboxylic acids is 3. The van der Waals surface area contributed by atoms with Crippen molar-refractivity contribution in [1.29, 1.82) is 0 Å². The summed E-state index contributed by atoms with van der Waals surface area (Å²) in [6.45, 7) is 7.49. The summed E-state index contributed by atoms with van der Waals surface area (Å²) in [6.07, 6.45) is 1.76. The molecule has 0 unspecified atom stereocenters. The van der Waals surface area contributed by atoms with Gasteiger partial charge in [0, 0.05) is 37.3 Å². The third-order valence-corrected chi connectivity index (χ3v) is 6.51. The molecule has 40 heavy (non-hydrogen) atoms. The van der Waals surface area contributed by atoms with Gasteiger partial charge in [-0.3, -0.25) is 15.1 Å². The first kappa shape index (κ1) is 30.6. The predicted octanol–water partition coefficient (Wildman–Crippen LogP) is 5.06. The predicted molar refractivity (Wildman–Crippen MR) is 159 cm³/mol. The molecule has 0 radical (unpaired) electrons. The Morgan fingerprint density at radius 1 is 0.950 bits per heavy atom. The van der Waals surface area contributed by atoms with Gasteiger partial charge < -0.3 is 25.2 Å². The minimum Gasteiger partial charge on any atom is -0.444 e. The minimum atomic E-state index is -0.652. The van der Waals surface area contributed by atoms with E-state index in [9.17, 15) is 14.4 Å². The van der Waals surface area contributed by atoms with Crippen LogP contribution in [0.15, 0.2) is 60.1 Å². The maximum Gasteiger partial charge on any atom is 0.412 e. The van der Waals surface area contributed by atoms with E-state index in [1.54, 1.807) is 79.6 Å². The SMILES string of the molecule is CN(C)CCN(Cc1ccc(C(=O)Nc2ccccc2NC(=O)OC(C)(C)C)nc1)C(=O)NCCc1cccs1. The number of rotatable bonds is 11. The number of pyridine rings is 1. The number of benzene rings is 1. The van der Waals surface area contributed by atoms with Crippen LogP contribution in [0.5, 0.6) is 0 Å². The first-order valence-electron chi connectivity index (χ1n) is 13.1. The first-order valence-corrected chi connectivity index (χ1v) is 13.9. The number of hydrogen-bond donors (Lipinski definition) is 3. The van der Waals surface area contributed by atoms with Gasteiger partial charge in [0.1, 0.15) is 11.3 Å². The number of hydrogen-bond acceptors (Lipinski definition) is 7. The van der Waals surface area contributed by atoms with Crippen molar-refractivity contribution >= 4 is 40.7 Å². The molecule has 3 aromatic rings. The summed E-state index contributed by atoms with van der Waals surface area (Å²) in [5.74, 6) is -0.430. The summed E-state index contributed by atoms with van der Waals surface area (Å²) in [5, 5.41) is 10.5. The Kier molecular flexibility index (Phi) is 11.0. The van der Waals surface area contributed by atoms with Crippen molar-refractivity contribution in [2.24, 2.45) is 0 Å². The molecule has 2 aromatic heterocycles. The van der Waals surface area contributed by atoms with E-state index in [2.05, 4.69) is 27.0 Å². The lowest BCUT2D eigenvalue weighted by molar-refractivity contribution is 0.0635. The van der Waals surface area contributed by atoms with Gasteiger partial charge in [-0.05, 0) is 76.5 Å². The van der Waals surface area contributed by atoms with Gasteiger partial charge in [-0.15, -0.1) is 11.3 Å². The molecule has 0 bridgehead atoms. The number of likely N-dealkylation sites (N-methyl/N-ethyl adjacent to an activating group) is 1. The van der Waals surface area contributed by atoms with E-state index in [0.717, 1.165) is 12.0 Å². The Labute approximate surface area is 239 Å². The molecule has 0 spiro atoms. The number of carbonyl (C=O) groups is 3. The highest BCUT2D eigenvalue weighted by atomic mass is 32.1. The van der Waals surface area contributed by atoms with E-state index in [1.165, 1.54) is 4.88 Å². The molecule has 2 heterocycles. The molecule has 1 aromatic carbocycles. The van der Waals surface area contributed by atoms with Gasteiger partial charge >= 0.3 is 12.1 Å². The van der Waals surface area contributed by atoms with Crippen molar-refractivity contribution in [1.82, 2.24) is 20.1 Å². The zero-order valence-corrected chi connectivity index (χ0v) is 24.5. The van der Waals surface area contributed by atoms with Gasteiger partial charge in [-0.2, -0.15) is 0 Å². The van der Waals surface area contributed by atoms with Crippen LogP contribution in [-0.4, -0.2) is 72.1 Å². The van der Waals surface area contributed by atoms with E-state index in [1.807, 2.05) is 30.4 Å². The molecule has 0 aliphatic carbocycles. The summed E-state index contributed by atoms with van der Waals surface area (Å²) in [4.78, 5) is 47.4. The normalized spacial score (nSPS) is 11.2. The molecule has 0 atom stereocenters. The average molecular weight is 567 g/mol. The number of thiophene rings is 1. The fourth-order valence-electron chi connectivity index (χ4n) is 3.61. The number of para-hydroxylation sites is 2. The molecule has 11 heteroatoms. The second-order valence-corrected chi connectivity index (χ2v) is 11.5. The van der Waals surface area contributed by atoms with Crippen molar-refractivity contribution in [3.05, 3.63) is 76.2 Å². The van der Waals surface area contributed by atoms with E-state index >= 15 is 0 Å². The van der Waals surface area contributed by atoms with Crippen molar-refractivity contribution in [2.45, 2.75) is 39.3 Å². The number of anilines is 2. The van der Waals surface area contributed by atoms with Gasteiger partial charge in [0.15, 0.2) is 0 Å². The van der Waals surface area contributed by atoms with Crippen molar-refractivity contribution in [3.63, 3.8) is 0 Å². The quantitative estimate of drug-likeness (QED) is 0.299. The summed E-state index contributed by atoms with van der Waals surface area (Å²) >= 11 is 1.67. The average Bonchev–Trinajstić information content (AvgIpc) is 3.40. The standard InChI is InChI=1S/C29H38N6O4S/c1-29(2,3)39-28(38)33-24-11-7-6-10-23(24)32-26(36)25-13-12-21(19-31-25)20-35(17-16-34(4)5)27(37)30-15-14-22-9-8-18-40-22/h6-13,18-19H,14-17,20H2,1-5H3,(H,30,37)(H,32,36)(H,33,38). The smallest absolute Gasteiger partial charge is 0.412 e. The van der Waals surface area contributed by atoms with Gasteiger partial charge in [0.25, 0.3) is 5.91 Å². The van der Waals surface area contributed by atoms with Gasteiger partial charge in [-0.25, -0.2) is 9.59 Å². The Bertz CT molecular complexity index is 1260. The van der Waals surface area contributed by atoms with Gasteiger partial charge in [-0.1, -0.05) is 24.3 Å². The first-order chi connectivity index (χ1) is 19.0.